The van der Waals surface area contributed by atoms with Crippen LogP contribution in [0.15, 0.2) is 0 Å². The third-order valence-electron chi connectivity index (χ3n) is 5.15. The number of hydrogen-bond donors (Lipinski definition) is 1. The van der Waals surface area contributed by atoms with Gasteiger partial charge in [0.1, 0.15) is 0 Å². The number of ether oxygens (including phenoxy) is 1. The monoisotopic (exact) mass is 306 g/mol. The Morgan fingerprint density at radius 1 is 1.27 bits per heavy atom. The molecule has 1 fully saturated rings. The summed E-state index contributed by atoms with van der Waals surface area (Å²) < 4.78 is 7.53. The first kappa shape index (κ1) is 15.7. The number of unbranched alkanes of at least 4 members (excludes halogenated alkanes) is 1. The van der Waals surface area contributed by atoms with Crippen molar-refractivity contribution < 1.29 is 14.6 Å². The molecule has 2 heterocycles. The van der Waals surface area contributed by atoms with E-state index in [1.807, 2.05) is 4.68 Å². The number of Topliss-reactive ketones (excluding diaryl/α,β-unsaturated/α-hetero) is 1. The zero-order valence-electron chi connectivity index (χ0n) is 13.4. The van der Waals surface area contributed by atoms with Crippen LogP contribution < -0.4 is 0 Å². The quantitative estimate of drug-likeness (QED) is 0.847. The van der Waals surface area contributed by atoms with Gasteiger partial charge >= 0.3 is 0 Å². The largest absolute Gasteiger partial charge is 0.396 e. The van der Waals surface area contributed by atoms with Crippen LogP contribution in [0.1, 0.15) is 60.8 Å². The lowest BCUT2D eigenvalue weighted by molar-refractivity contribution is 0.00827. The minimum Gasteiger partial charge on any atom is -0.396 e. The number of aromatic nitrogens is 2. The summed E-state index contributed by atoms with van der Waals surface area (Å²) in [5, 5.41) is 13.7. The van der Waals surface area contributed by atoms with E-state index in [0.717, 1.165) is 75.2 Å². The molecule has 0 atom stereocenters. The van der Waals surface area contributed by atoms with Crippen LogP contribution in [0.5, 0.6) is 0 Å². The molecule has 1 aliphatic heterocycles. The van der Waals surface area contributed by atoms with Crippen molar-refractivity contribution in [2.75, 3.05) is 19.8 Å². The van der Waals surface area contributed by atoms with Crippen molar-refractivity contribution in [3.05, 3.63) is 17.0 Å². The number of rotatable bonds is 5. The van der Waals surface area contributed by atoms with Crippen molar-refractivity contribution in [1.82, 2.24) is 9.78 Å². The summed E-state index contributed by atoms with van der Waals surface area (Å²) in [6, 6.07) is 0. The Balaban J connectivity index is 1.91. The number of nitrogens with zero attached hydrogens (tertiary/aromatic N) is 2. The smallest absolute Gasteiger partial charge is 0.167 e. The van der Waals surface area contributed by atoms with Crippen molar-refractivity contribution in [3.8, 4) is 0 Å². The first-order chi connectivity index (χ1) is 10.7. The van der Waals surface area contributed by atoms with Crippen LogP contribution in [0.25, 0.3) is 0 Å². The van der Waals surface area contributed by atoms with Crippen molar-refractivity contribution >= 4 is 5.78 Å². The summed E-state index contributed by atoms with van der Waals surface area (Å²) in [6.07, 6.45) is 6.03. The lowest BCUT2D eigenvalue weighted by atomic mass is 9.68. The van der Waals surface area contributed by atoms with E-state index in [9.17, 15) is 4.79 Å². The van der Waals surface area contributed by atoms with E-state index in [-0.39, 0.29) is 17.8 Å². The predicted octanol–water partition coefficient (Wildman–Crippen LogP) is 2.14. The molecule has 0 amide bonds. The third kappa shape index (κ3) is 2.84. The van der Waals surface area contributed by atoms with Crippen LogP contribution in [0.3, 0.4) is 0 Å². The second kappa shape index (κ2) is 6.50. The normalized spacial score (nSPS) is 20.4. The number of ketones is 1. The lowest BCUT2D eigenvalue weighted by Crippen LogP contribution is -2.38. The van der Waals surface area contributed by atoms with Crippen molar-refractivity contribution in [3.63, 3.8) is 0 Å². The maximum Gasteiger partial charge on any atom is 0.167 e. The molecule has 1 aromatic rings. The van der Waals surface area contributed by atoms with Crippen molar-refractivity contribution in [1.29, 1.82) is 0 Å². The zero-order chi connectivity index (χ0) is 15.6. The number of aliphatic hydroxyl groups excluding tert-OH is 1. The van der Waals surface area contributed by atoms with Crippen molar-refractivity contribution in [2.24, 2.45) is 5.41 Å². The number of fused-ring (bicyclic) bond motifs is 1. The van der Waals surface area contributed by atoms with Gasteiger partial charge in [0.15, 0.2) is 5.78 Å². The molecule has 0 bridgehead atoms. The fourth-order valence-corrected chi connectivity index (χ4v) is 3.86. The Hall–Kier alpha value is -1.20. The van der Waals surface area contributed by atoms with Gasteiger partial charge in [0.25, 0.3) is 0 Å². The van der Waals surface area contributed by atoms with E-state index in [1.165, 1.54) is 0 Å². The molecule has 1 N–H and O–H groups in total. The fraction of sp³-hybridized carbons (Fsp3) is 0.765. The minimum atomic E-state index is 0.0854. The van der Waals surface area contributed by atoms with Gasteiger partial charge in [0.2, 0.25) is 0 Å². The minimum absolute atomic E-state index is 0.0854. The molecule has 1 aromatic heterocycles. The molecule has 0 aromatic carbocycles. The highest BCUT2D eigenvalue weighted by atomic mass is 16.5. The van der Waals surface area contributed by atoms with Gasteiger partial charge in [-0.2, -0.15) is 5.10 Å². The standard InChI is InChI=1S/C17H26N2O3/c1-2-13-16-14(19(18-13)7-3-4-8-20)11-17(12-15(16)21)5-9-22-10-6-17/h20H,2-12H2,1H3. The maximum atomic E-state index is 12.7. The van der Waals surface area contributed by atoms with Crippen LogP contribution in [-0.2, 0) is 24.1 Å². The van der Waals surface area contributed by atoms with Gasteiger partial charge in [-0.05, 0) is 43.9 Å². The van der Waals surface area contributed by atoms with Gasteiger partial charge in [0.05, 0.1) is 17.0 Å². The topological polar surface area (TPSA) is 64.3 Å². The second-order valence-corrected chi connectivity index (χ2v) is 6.66. The molecule has 1 aliphatic carbocycles. The molecule has 0 unspecified atom stereocenters. The lowest BCUT2D eigenvalue weighted by Gasteiger charge is -2.39. The number of aliphatic hydroxyl groups is 1. The highest BCUT2D eigenvalue weighted by Gasteiger charge is 2.42. The first-order valence-electron chi connectivity index (χ1n) is 8.49. The van der Waals surface area contributed by atoms with Gasteiger partial charge < -0.3 is 9.84 Å². The van der Waals surface area contributed by atoms with Gasteiger partial charge in [0, 0.05) is 32.8 Å². The number of carbonyl (C=O) groups excluding carboxylic acids is 1. The van der Waals surface area contributed by atoms with E-state index in [2.05, 4.69) is 6.92 Å². The molecule has 0 saturated carbocycles. The van der Waals surface area contributed by atoms with Crippen LogP contribution in [0, 0.1) is 5.41 Å². The first-order valence-corrected chi connectivity index (χ1v) is 8.49. The van der Waals surface area contributed by atoms with E-state index in [1.54, 1.807) is 0 Å². The molecular weight excluding hydrogens is 280 g/mol. The van der Waals surface area contributed by atoms with Crippen LogP contribution in [0.2, 0.25) is 0 Å². The SMILES string of the molecule is CCc1nn(CCCCO)c2c1C(=O)CC1(CCOCC1)C2. The Kier molecular flexibility index (Phi) is 4.64. The number of aryl methyl sites for hydroxylation is 2. The summed E-state index contributed by atoms with van der Waals surface area (Å²) in [4.78, 5) is 12.7. The third-order valence-corrected chi connectivity index (χ3v) is 5.15. The maximum absolute atomic E-state index is 12.7. The molecular formula is C17H26N2O3. The average Bonchev–Trinajstić information content (AvgIpc) is 2.86. The van der Waals surface area contributed by atoms with Gasteiger partial charge in [-0.3, -0.25) is 9.48 Å². The molecule has 122 valence electrons. The van der Waals surface area contributed by atoms with E-state index < -0.39 is 0 Å². The second-order valence-electron chi connectivity index (χ2n) is 6.66. The van der Waals surface area contributed by atoms with E-state index in [0.29, 0.717) is 6.42 Å². The van der Waals surface area contributed by atoms with Crippen LogP contribution in [-0.4, -0.2) is 40.5 Å². The Morgan fingerprint density at radius 3 is 2.73 bits per heavy atom. The van der Waals surface area contributed by atoms with Crippen LogP contribution in [0.4, 0.5) is 0 Å². The molecule has 2 aliphatic rings. The Bertz CT molecular complexity index is 544. The van der Waals surface area contributed by atoms with E-state index >= 15 is 0 Å². The summed E-state index contributed by atoms with van der Waals surface area (Å²) in [5.74, 6) is 0.272. The molecule has 1 spiro atoms. The molecule has 5 nitrogen and oxygen atoms in total. The fourth-order valence-electron chi connectivity index (χ4n) is 3.86. The van der Waals surface area contributed by atoms with E-state index in [4.69, 9.17) is 14.9 Å². The van der Waals surface area contributed by atoms with Gasteiger partial charge in [-0.15, -0.1) is 0 Å². The number of carbonyl (C=O) groups is 1. The molecule has 0 radical (unpaired) electrons. The van der Waals surface area contributed by atoms with Gasteiger partial charge in [-0.1, -0.05) is 6.92 Å². The Morgan fingerprint density at radius 2 is 2.05 bits per heavy atom. The average molecular weight is 306 g/mol. The highest BCUT2D eigenvalue weighted by Crippen LogP contribution is 2.43. The predicted molar refractivity (Wildman–Crippen MR) is 83.1 cm³/mol. The summed E-state index contributed by atoms with van der Waals surface area (Å²) in [7, 11) is 0. The highest BCUT2D eigenvalue weighted by molar-refractivity contribution is 5.99. The summed E-state index contributed by atoms with van der Waals surface area (Å²) in [6.45, 7) is 4.60. The van der Waals surface area contributed by atoms with Crippen molar-refractivity contribution in [2.45, 2.75) is 58.4 Å². The Labute approximate surface area is 131 Å². The molecule has 5 heteroatoms. The van der Waals surface area contributed by atoms with Crippen LogP contribution >= 0.6 is 0 Å². The molecule has 3 rings (SSSR count). The molecule has 1 saturated heterocycles. The summed E-state index contributed by atoms with van der Waals surface area (Å²) in [5.41, 5.74) is 3.06. The number of hydrogen-bond acceptors (Lipinski definition) is 4. The van der Waals surface area contributed by atoms with Gasteiger partial charge in [-0.25, -0.2) is 0 Å². The zero-order valence-corrected chi connectivity index (χ0v) is 13.4. The summed E-state index contributed by atoms with van der Waals surface area (Å²) >= 11 is 0. The molecule has 22 heavy (non-hydrogen) atoms.